The van der Waals surface area contributed by atoms with E-state index in [1.807, 2.05) is 0 Å². The molecule has 0 aliphatic carbocycles. The minimum absolute atomic E-state index is 0.311. The van der Waals surface area contributed by atoms with Crippen molar-refractivity contribution in [3.8, 4) is 0 Å². The summed E-state index contributed by atoms with van der Waals surface area (Å²) in [5.41, 5.74) is 0.910. The number of carbonyl (C=O) groups is 1. The fraction of sp³-hybridized carbons (Fsp3) is 0.308. The normalized spacial score (nSPS) is 22.9. The minimum atomic E-state index is -3.74. The van der Waals surface area contributed by atoms with E-state index in [1.165, 1.54) is 0 Å². The maximum atomic E-state index is 12.5. The first-order chi connectivity index (χ1) is 9.47. The van der Waals surface area contributed by atoms with Gasteiger partial charge in [0.05, 0.1) is 11.3 Å². The first-order valence-corrected chi connectivity index (χ1v) is 9.14. The van der Waals surface area contributed by atoms with E-state index in [4.69, 9.17) is 27.4 Å². The Morgan fingerprint density at radius 3 is 2.55 bits per heavy atom. The molecule has 20 heavy (non-hydrogen) atoms. The summed E-state index contributed by atoms with van der Waals surface area (Å²) in [6.45, 7) is -2.14. The van der Waals surface area contributed by atoms with Crippen molar-refractivity contribution in [3.05, 3.63) is 41.7 Å². The topological polar surface area (TPSA) is 46.6 Å². The first kappa shape index (κ1) is 15.4. The van der Waals surface area contributed by atoms with Crippen molar-refractivity contribution in [1.29, 1.82) is 0 Å². The van der Waals surface area contributed by atoms with Crippen molar-refractivity contribution in [2.45, 2.75) is 19.8 Å². The summed E-state index contributed by atoms with van der Waals surface area (Å²) in [5, 5.41) is 0. The van der Waals surface area contributed by atoms with Crippen LogP contribution in [0.1, 0.15) is 19.8 Å². The van der Waals surface area contributed by atoms with Gasteiger partial charge in [0, 0.05) is 17.1 Å². The molecule has 0 radical (unpaired) electrons. The van der Waals surface area contributed by atoms with Crippen LogP contribution < -0.4 is 4.67 Å². The molecular weight excluding hydrogens is 320 g/mol. The molecule has 2 rings (SSSR count). The van der Waals surface area contributed by atoms with Crippen LogP contribution in [-0.2, 0) is 13.9 Å². The number of halogens is 2. The average molecular weight is 334 g/mol. The first-order valence-electron chi connectivity index (χ1n) is 6.12. The molecule has 0 fully saturated rings. The van der Waals surface area contributed by atoms with Gasteiger partial charge in [0.15, 0.2) is 0 Å². The van der Waals surface area contributed by atoms with Crippen molar-refractivity contribution in [2.75, 3.05) is 10.6 Å². The number of hydrogen-bond acceptors (Lipinski definition) is 3. The van der Waals surface area contributed by atoms with Gasteiger partial charge in [-0.2, -0.15) is 0 Å². The summed E-state index contributed by atoms with van der Waals surface area (Å²) < 4.78 is 18.7. The fourth-order valence-electron chi connectivity index (χ4n) is 2.00. The highest BCUT2D eigenvalue weighted by Crippen LogP contribution is 2.62. The molecule has 1 amide bonds. The zero-order valence-corrected chi connectivity index (χ0v) is 13.3. The van der Waals surface area contributed by atoms with E-state index in [9.17, 15) is 9.36 Å². The second-order valence-electron chi connectivity index (χ2n) is 4.32. The number of anilines is 1. The molecule has 0 aromatic heterocycles. The van der Waals surface area contributed by atoms with E-state index in [-0.39, 0.29) is 5.91 Å². The molecule has 0 saturated carbocycles. The Kier molecular flexibility index (Phi) is 4.79. The second kappa shape index (κ2) is 6.21. The number of allylic oxidation sites excluding steroid dienone is 1. The maximum Gasteiger partial charge on any atom is 0.444 e. The predicted octanol–water partition coefficient (Wildman–Crippen LogP) is 4.69. The predicted molar refractivity (Wildman–Crippen MR) is 81.1 cm³/mol. The molecule has 1 aliphatic rings. The van der Waals surface area contributed by atoms with Crippen molar-refractivity contribution in [3.63, 3.8) is 0 Å². The van der Waals surface area contributed by atoms with Gasteiger partial charge in [0.2, 0.25) is 0 Å². The van der Waals surface area contributed by atoms with Crippen molar-refractivity contribution >= 4 is 41.3 Å². The van der Waals surface area contributed by atoms with Crippen LogP contribution in [0.5, 0.6) is 0 Å². The average Bonchev–Trinajstić information content (AvgIpc) is 2.38. The van der Waals surface area contributed by atoms with Crippen LogP contribution >= 0.6 is 29.7 Å². The van der Waals surface area contributed by atoms with E-state index >= 15 is 0 Å². The molecule has 1 aliphatic heterocycles. The summed E-state index contributed by atoms with van der Waals surface area (Å²) in [7, 11) is 0. The van der Waals surface area contributed by atoms with Gasteiger partial charge in [0.25, 0.3) is 5.91 Å². The quantitative estimate of drug-likeness (QED) is 0.593. The van der Waals surface area contributed by atoms with Crippen LogP contribution in [0, 0.1) is 0 Å². The summed E-state index contributed by atoms with van der Waals surface area (Å²) in [6, 6.07) is 8.60. The van der Waals surface area contributed by atoms with Gasteiger partial charge in [-0.3, -0.25) is 4.79 Å². The molecule has 0 bridgehead atoms. The molecule has 108 valence electrons. The number of amides is 1. The summed E-state index contributed by atoms with van der Waals surface area (Å²) in [6.07, 6.45) is 1.10. The standard InChI is InChI=1S/C13H14Cl2NO3P/c1-10-12(8-5-9-14)13(17)16(20(15,18)19-10)11-6-3-2-4-7-11/h2-4,6-7H,5,8-9H2,1H3/t20-/m1/s1. The van der Waals surface area contributed by atoms with Gasteiger partial charge in [-0.15, -0.1) is 11.6 Å². The van der Waals surface area contributed by atoms with E-state index in [1.54, 1.807) is 37.3 Å². The number of para-hydroxylation sites is 1. The number of benzene rings is 1. The van der Waals surface area contributed by atoms with Gasteiger partial charge in [-0.05, 0) is 31.9 Å². The van der Waals surface area contributed by atoms with E-state index < -0.39 is 6.87 Å². The van der Waals surface area contributed by atoms with Crippen LogP contribution in [0.25, 0.3) is 0 Å². The Morgan fingerprint density at radius 1 is 1.30 bits per heavy atom. The SMILES string of the molecule is CC1=C(CCCCl)C(=O)N(c2ccccc2)[P@@](=O)(Cl)O1. The molecule has 1 heterocycles. The molecule has 1 atom stereocenters. The minimum Gasteiger partial charge on any atom is -0.422 e. The summed E-state index contributed by atoms with van der Waals surface area (Å²) in [4.78, 5) is 12.5. The molecule has 4 nitrogen and oxygen atoms in total. The molecule has 1 aromatic carbocycles. The smallest absolute Gasteiger partial charge is 0.422 e. The van der Waals surface area contributed by atoms with Gasteiger partial charge < -0.3 is 4.52 Å². The molecule has 0 N–H and O–H groups in total. The van der Waals surface area contributed by atoms with Gasteiger partial charge in [0.1, 0.15) is 5.76 Å². The third-order valence-electron chi connectivity index (χ3n) is 2.93. The van der Waals surface area contributed by atoms with Gasteiger partial charge in [-0.25, -0.2) is 9.24 Å². The largest absolute Gasteiger partial charge is 0.444 e. The molecule has 0 unspecified atom stereocenters. The van der Waals surface area contributed by atoms with E-state index in [2.05, 4.69) is 0 Å². The Morgan fingerprint density at radius 2 is 1.95 bits per heavy atom. The molecule has 0 saturated heterocycles. The zero-order valence-electron chi connectivity index (χ0n) is 10.9. The van der Waals surface area contributed by atoms with Gasteiger partial charge >= 0.3 is 6.87 Å². The lowest BCUT2D eigenvalue weighted by Crippen LogP contribution is -2.32. The fourth-order valence-corrected chi connectivity index (χ4v) is 4.19. The van der Waals surface area contributed by atoms with Gasteiger partial charge in [-0.1, -0.05) is 18.2 Å². The molecule has 1 aromatic rings. The highest BCUT2D eigenvalue weighted by atomic mass is 35.7. The lowest BCUT2D eigenvalue weighted by Gasteiger charge is -2.32. The molecular formula is C13H14Cl2NO3P. The van der Waals surface area contributed by atoms with Crippen LogP contribution in [0.3, 0.4) is 0 Å². The second-order valence-corrected chi connectivity index (χ2v) is 7.47. The number of carbonyl (C=O) groups excluding carboxylic acids is 1. The third-order valence-corrected chi connectivity index (χ3v) is 5.24. The number of alkyl halides is 1. The molecule has 7 heteroatoms. The summed E-state index contributed by atoms with van der Waals surface area (Å²) in [5.74, 6) is 0.363. The van der Waals surface area contributed by atoms with E-state index in [0.29, 0.717) is 35.7 Å². The van der Waals surface area contributed by atoms with Crippen molar-refractivity contribution < 1.29 is 13.9 Å². The number of rotatable bonds is 4. The molecule has 0 spiro atoms. The number of hydrogen-bond donors (Lipinski definition) is 0. The third kappa shape index (κ3) is 3.03. The Bertz CT molecular complexity index is 589. The Labute approximate surface area is 127 Å². The number of nitrogens with zero attached hydrogens (tertiary/aromatic N) is 1. The van der Waals surface area contributed by atoms with Crippen molar-refractivity contribution in [2.24, 2.45) is 0 Å². The monoisotopic (exact) mass is 333 g/mol. The highest BCUT2D eigenvalue weighted by Gasteiger charge is 2.43. The lowest BCUT2D eigenvalue weighted by molar-refractivity contribution is -0.114. The highest BCUT2D eigenvalue weighted by molar-refractivity contribution is 7.87. The Balaban J connectivity index is 2.42. The van der Waals surface area contributed by atoms with Crippen molar-refractivity contribution in [1.82, 2.24) is 0 Å². The summed E-state index contributed by atoms with van der Waals surface area (Å²) >= 11 is 11.6. The van der Waals surface area contributed by atoms with E-state index in [0.717, 1.165) is 4.67 Å². The zero-order chi connectivity index (χ0) is 14.8. The van der Waals surface area contributed by atoms with Crippen LogP contribution in [0.2, 0.25) is 0 Å². The van der Waals surface area contributed by atoms with Crippen LogP contribution in [0.4, 0.5) is 5.69 Å². The van der Waals surface area contributed by atoms with Crippen LogP contribution in [-0.4, -0.2) is 11.8 Å². The van der Waals surface area contributed by atoms with Crippen LogP contribution in [0.15, 0.2) is 41.7 Å². The maximum absolute atomic E-state index is 12.5. The lowest BCUT2D eigenvalue weighted by atomic mass is 10.1. The Hall–Kier alpha value is -0.960.